The van der Waals surface area contributed by atoms with Gasteiger partial charge in [-0.15, -0.1) is 0 Å². The van der Waals surface area contributed by atoms with Crippen LogP contribution in [0.2, 0.25) is 10.0 Å². The molecule has 0 bridgehead atoms. The van der Waals surface area contributed by atoms with E-state index in [2.05, 4.69) is 6.92 Å². The molecule has 0 spiro atoms. The van der Waals surface area contributed by atoms with Crippen molar-refractivity contribution in [2.45, 2.75) is 51.0 Å². The smallest absolute Gasteiger partial charge is 0.0911 e. The maximum atomic E-state index is 10.9. The third-order valence-corrected chi connectivity index (χ3v) is 5.02. The molecule has 2 unspecified atom stereocenters. The highest BCUT2D eigenvalue weighted by Crippen LogP contribution is 2.42. The van der Waals surface area contributed by atoms with Crippen molar-refractivity contribution in [1.29, 1.82) is 0 Å². The Kier molecular flexibility index (Phi) is 4.58. The van der Waals surface area contributed by atoms with Gasteiger partial charge in [-0.25, -0.2) is 0 Å². The van der Waals surface area contributed by atoms with Crippen LogP contribution in [0.1, 0.15) is 51.0 Å². The van der Waals surface area contributed by atoms with E-state index in [-0.39, 0.29) is 0 Å². The van der Waals surface area contributed by atoms with Crippen molar-refractivity contribution >= 4 is 23.2 Å². The summed E-state index contributed by atoms with van der Waals surface area (Å²) in [5.41, 5.74) is -0.000236. The molecule has 0 amide bonds. The van der Waals surface area contributed by atoms with Crippen molar-refractivity contribution in [2.24, 2.45) is 5.92 Å². The van der Waals surface area contributed by atoms with Gasteiger partial charge in [-0.2, -0.15) is 0 Å². The normalized spacial score (nSPS) is 29.0. The Morgan fingerprint density at radius 3 is 2.78 bits per heavy atom. The topological polar surface area (TPSA) is 20.2 Å². The van der Waals surface area contributed by atoms with Gasteiger partial charge in [-0.1, -0.05) is 55.1 Å². The monoisotopic (exact) mass is 286 g/mol. The average molecular weight is 287 g/mol. The molecular formula is C15H20Cl2O. The summed E-state index contributed by atoms with van der Waals surface area (Å²) >= 11 is 12.3. The van der Waals surface area contributed by atoms with Gasteiger partial charge in [-0.3, -0.25) is 0 Å². The standard InChI is InChI=1S/C15H20Cl2O/c1-2-11-5-4-9-15(18,10-8-11)12-6-3-7-13(16)14(12)17/h3,6-7,11,18H,2,4-5,8-10H2,1H3. The van der Waals surface area contributed by atoms with Crippen LogP contribution in [0.4, 0.5) is 0 Å². The second-order valence-corrected chi connectivity index (χ2v) is 6.12. The van der Waals surface area contributed by atoms with Gasteiger partial charge in [0.15, 0.2) is 0 Å². The molecule has 2 rings (SSSR count). The first-order chi connectivity index (χ1) is 8.57. The van der Waals surface area contributed by atoms with E-state index < -0.39 is 5.60 Å². The van der Waals surface area contributed by atoms with E-state index in [0.29, 0.717) is 10.0 Å². The molecule has 1 nitrogen and oxygen atoms in total. The van der Waals surface area contributed by atoms with E-state index in [1.165, 1.54) is 12.8 Å². The highest BCUT2D eigenvalue weighted by Gasteiger charge is 2.34. The van der Waals surface area contributed by atoms with E-state index in [1.54, 1.807) is 6.07 Å². The average Bonchev–Trinajstić information content (AvgIpc) is 2.55. The lowest BCUT2D eigenvalue weighted by Crippen LogP contribution is -2.25. The molecule has 0 saturated heterocycles. The molecule has 1 aliphatic carbocycles. The first kappa shape index (κ1) is 14.2. The van der Waals surface area contributed by atoms with Crippen molar-refractivity contribution in [2.75, 3.05) is 0 Å². The summed E-state index contributed by atoms with van der Waals surface area (Å²) in [6.45, 7) is 2.22. The van der Waals surface area contributed by atoms with Crippen molar-refractivity contribution in [3.05, 3.63) is 33.8 Å². The summed E-state index contributed by atoms with van der Waals surface area (Å²) in [4.78, 5) is 0. The van der Waals surface area contributed by atoms with E-state index in [9.17, 15) is 5.11 Å². The number of benzene rings is 1. The fourth-order valence-corrected chi connectivity index (χ4v) is 3.41. The molecule has 2 atom stereocenters. The minimum absolute atomic E-state index is 0.511. The Labute approximate surface area is 119 Å². The summed E-state index contributed by atoms with van der Waals surface area (Å²) in [7, 11) is 0. The minimum atomic E-state index is -0.800. The molecule has 1 saturated carbocycles. The molecule has 1 N–H and O–H groups in total. The van der Waals surface area contributed by atoms with Crippen LogP contribution < -0.4 is 0 Å². The van der Waals surface area contributed by atoms with Crippen molar-refractivity contribution in [3.63, 3.8) is 0 Å². The largest absolute Gasteiger partial charge is 0.385 e. The van der Waals surface area contributed by atoms with Crippen LogP contribution in [-0.4, -0.2) is 5.11 Å². The SMILES string of the molecule is CCC1CCCC(O)(c2cccc(Cl)c2Cl)CC1. The van der Waals surface area contributed by atoms with Crippen LogP contribution in [0.25, 0.3) is 0 Å². The lowest BCUT2D eigenvalue weighted by molar-refractivity contribution is 0.0197. The Hall–Kier alpha value is -0.240. The van der Waals surface area contributed by atoms with Crippen molar-refractivity contribution in [3.8, 4) is 0 Å². The fraction of sp³-hybridized carbons (Fsp3) is 0.600. The number of hydrogen-bond donors (Lipinski definition) is 1. The van der Waals surface area contributed by atoms with Gasteiger partial charge in [-0.05, 0) is 37.7 Å². The van der Waals surface area contributed by atoms with Gasteiger partial charge in [0.2, 0.25) is 0 Å². The molecule has 0 aliphatic heterocycles. The zero-order valence-electron chi connectivity index (χ0n) is 10.8. The molecular weight excluding hydrogens is 267 g/mol. The van der Waals surface area contributed by atoms with Crippen molar-refractivity contribution in [1.82, 2.24) is 0 Å². The predicted octanol–water partition coefficient (Wildman–Crippen LogP) is 5.17. The fourth-order valence-electron chi connectivity index (χ4n) is 2.94. The van der Waals surface area contributed by atoms with E-state index in [1.807, 2.05) is 12.1 Å². The molecule has 0 aromatic heterocycles. The molecule has 0 radical (unpaired) electrons. The zero-order valence-corrected chi connectivity index (χ0v) is 12.3. The maximum absolute atomic E-state index is 10.9. The van der Waals surface area contributed by atoms with E-state index in [0.717, 1.165) is 37.2 Å². The molecule has 3 heteroatoms. The second kappa shape index (κ2) is 5.81. The van der Waals surface area contributed by atoms with Crippen LogP contribution in [0.3, 0.4) is 0 Å². The van der Waals surface area contributed by atoms with Crippen LogP contribution >= 0.6 is 23.2 Å². The summed E-state index contributed by atoms with van der Waals surface area (Å²) in [6.07, 6.45) is 6.08. The first-order valence-corrected chi connectivity index (χ1v) is 7.49. The van der Waals surface area contributed by atoms with Crippen molar-refractivity contribution < 1.29 is 5.11 Å². The molecule has 100 valence electrons. The third-order valence-electron chi connectivity index (χ3n) is 4.20. The first-order valence-electron chi connectivity index (χ1n) is 6.73. The predicted molar refractivity (Wildman–Crippen MR) is 77.2 cm³/mol. The van der Waals surface area contributed by atoms with Crippen LogP contribution in [0.5, 0.6) is 0 Å². The van der Waals surface area contributed by atoms with E-state index in [4.69, 9.17) is 23.2 Å². The number of hydrogen-bond acceptors (Lipinski definition) is 1. The van der Waals surface area contributed by atoms with Crippen LogP contribution in [0, 0.1) is 5.92 Å². The summed E-state index contributed by atoms with van der Waals surface area (Å²) in [5.74, 6) is 0.733. The highest BCUT2D eigenvalue weighted by molar-refractivity contribution is 6.42. The van der Waals surface area contributed by atoms with Gasteiger partial charge >= 0.3 is 0 Å². The molecule has 1 aromatic rings. The zero-order chi connectivity index (χ0) is 13.2. The van der Waals surface area contributed by atoms with Gasteiger partial charge in [0.05, 0.1) is 15.6 Å². The Morgan fingerprint density at radius 1 is 1.28 bits per heavy atom. The minimum Gasteiger partial charge on any atom is -0.385 e. The number of aliphatic hydroxyl groups is 1. The van der Waals surface area contributed by atoms with Gasteiger partial charge in [0.25, 0.3) is 0 Å². The second-order valence-electron chi connectivity index (χ2n) is 5.34. The Morgan fingerprint density at radius 2 is 2.06 bits per heavy atom. The number of rotatable bonds is 2. The Bertz CT molecular complexity index is 419. The lowest BCUT2D eigenvalue weighted by Gasteiger charge is -2.28. The van der Waals surface area contributed by atoms with Gasteiger partial charge < -0.3 is 5.11 Å². The molecule has 18 heavy (non-hydrogen) atoms. The number of halogens is 2. The molecule has 1 fully saturated rings. The van der Waals surface area contributed by atoms with Crippen LogP contribution in [-0.2, 0) is 5.60 Å². The summed E-state index contributed by atoms with van der Waals surface area (Å²) in [6, 6.07) is 5.53. The quantitative estimate of drug-likeness (QED) is 0.744. The van der Waals surface area contributed by atoms with Gasteiger partial charge in [0.1, 0.15) is 0 Å². The highest BCUT2D eigenvalue weighted by atomic mass is 35.5. The summed E-state index contributed by atoms with van der Waals surface area (Å²) < 4.78 is 0. The molecule has 1 aliphatic rings. The lowest BCUT2D eigenvalue weighted by atomic mass is 9.86. The third kappa shape index (κ3) is 2.84. The maximum Gasteiger partial charge on any atom is 0.0911 e. The molecule has 1 aromatic carbocycles. The van der Waals surface area contributed by atoms with Crippen LogP contribution in [0.15, 0.2) is 18.2 Å². The van der Waals surface area contributed by atoms with Gasteiger partial charge in [0, 0.05) is 5.56 Å². The Balaban J connectivity index is 2.27. The summed E-state index contributed by atoms with van der Waals surface area (Å²) in [5, 5.41) is 11.9. The van der Waals surface area contributed by atoms with E-state index >= 15 is 0 Å². The molecule has 0 heterocycles.